The first-order valence-electron chi connectivity index (χ1n) is 8.21. The number of rotatable bonds is 7. The van der Waals surface area contributed by atoms with E-state index in [9.17, 15) is 19.4 Å². The zero-order valence-corrected chi connectivity index (χ0v) is 14.2. The molecular formula is C19H23FN2O3. The molecule has 0 saturated carbocycles. The number of hydrogen-bond donors (Lipinski definition) is 3. The monoisotopic (exact) mass is 346 g/mol. The summed E-state index contributed by atoms with van der Waals surface area (Å²) in [5.74, 6) is -1.15. The number of hydrogen-bond acceptors (Lipinski definition) is 3. The summed E-state index contributed by atoms with van der Waals surface area (Å²) in [7, 11) is 0. The lowest BCUT2D eigenvalue weighted by Crippen LogP contribution is -2.43. The Hall–Kier alpha value is -2.60. The maximum Gasteiger partial charge on any atom is 0.318 e. The second-order valence-corrected chi connectivity index (χ2v) is 5.87. The third-order valence-corrected chi connectivity index (χ3v) is 3.86. The number of nitrogens with one attached hydrogen (secondary N) is 1. The van der Waals surface area contributed by atoms with Crippen molar-refractivity contribution in [2.24, 2.45) is 0 Å². The number of aliphatic hydroxyl groups excluding tert-OH is 1. The molecule has 0 aliphatic rings. The molecular weight excluding hydrogens is 323 g/mol. The molecule has 2 aromatic carbocycles. The third-order valence-electron chi connectivity index (χ3n) is 3.86. The molecule has 0 aliphatic heterocycles. The maximum atomic E-state index is 13.4. The van der Waals surface area contributed by atoms with Crippen LogP contribution in [0.5, 0.6) is 5.75 Å². The smallest absolute Gasteiger partial charge is 0.318 e. The highest BCUT2D eigenvalue weighted by atomic mass is 19.1. The van der Waals surface area contributed by atoms with Crippen molar-refractivity contribution < 1.29 is 19.4 Å². The number of phenolic OH excluding ortho intramolecular Hbond substituents is 1. The summed E-state index contributed by atoms with van der Waals surface area (Å²) in [4.78, 5) is 14.0. The minimum Gasteiger partial charge on any atom is -0.505 e. The van der Waals surface area contributed by atoms with Gasteiger partial charge in [0.15, 0.2) is 11.6 Å². The van der Waals surface area contributed by atoms with Gasteiger partial charge in [0.1, 0.15) is 0 Å². The number of carbonyl (C=O) groups excluding carboxylic acids is 1. The molecule has 134 valence electrons. The molecule has 0 fully saturated rings. The van der Waals surface area contributed by atoms with E-state index < -0.39 is 17.7 Å². The average molecular weight is 346 g/mol. The van der Waals surface area contributed by atoms with Crippen LogP contribution in [0.2, 0.25) is 0 Å². The summed E-state index contributed by atoms with van der Waals surface area (Å²) in [5, 5.41) is 21.8. The van der Waals surface area contributed by atoms with Crippen molar-refractivity contribution in [2.45, 2.75) is 32.5 Å². The van der Waals surface area contributed by atoms with Gasteiger partial charge in [-0.25, -0.2) is 9.18 Å². The van der Waals surface area contributed by atoms with E-state index in [2.05, 4.69) is 5.32 Å². The van der Waals surface area contributed by atoms with Crippen molar-refractivity contribution in [2.75, 3.05) is 6.54 Å². The van der Waals surface area contributed by atoms with Crippen LogP contribution in [0.3, 0.4) is 0 Å². The Morgan fingerprint density at radius 3 is 2.56 bits per heavy atom. The van der Waals surface area contributed by atoms with Crippen molar-refractivity contribution >= 4 is 6.03 Å². The van der Waals surface area contributed by atoms with Crippen molar-refractivity contribution in [1.82, 2.24) is 10.2 Å². The predicted molar refractivity (Wildman–Crippen MR) is 93.5 cm³/mol. The summed E-state index contributed by atoms with van der Waals surface area (Å²) < 4.78 is 13.4. The summed E-state index contributed by atoms with van der Waals surface area (Å²) >= 11 is 0. The fourth-order valence-corrected chi connectivity index (χ4v) is 2.36. The van der Waals surface area contributed by atoms with Gasteiger partial charge in [-0.3, -0.25) is 0 Å². The normalized spacial score (nSPS) is 11.8. The second-order valence-electron chi connectivity index (χ2n) is 5.87. The molecule has 1 atom stereocenters. The number of carbonyl (C=O) groups is 1. The molecule has 0 aliphatic carbocycles. The van der Waals surface area contributed by atoms with Crippen LogP contribution in [0.25, 0.3) is 0 Å². The van der Waals surface area contributed by atoms with Gasteiger partial charge >= 0.3 is 6.03 Å². The summed E-state index contributed by atoms with van der Waals surface area (Å²) in [6.07, 6.45) is -0.0672. The van der Waals surface area contributed by atoms with E-state index in [1.165, 1.54) is 17.0 Å². The Balaban J connectivity index is 2.02. The number of nitrogens with zero attached hydrogens (tertiary/aromatic N) is 1. The molecule has 0 aromatic heterocycles. The van der Waals surface area contributed by atoms with Gasteiger partial charge < -0.3 is 20.4 Å². The fraction of sp³-hybridized carbons (Fsp3) is 0.316. The Bertz CT molecular complexity index is 694. The molecule has 0 saturated heterocycles. The van der Waals surface area contributed by atoms with Gasteiger partial charge in [-0.1, -0.05) is 43.3 Å². The molecule has 0 bridgehead atoms. The van der Waals surface area contributed by atoms with E-state index in [4.69, 9.17) is 0 Å². The standard InChI is InChI=1S/C19H23FN2O3/c1-2-16(23)13-22(12-14-6-4-3-5-7-14)19(25)21-11-15-8-9-18(24)17(20)10-15/h3-10,16,23-24H,2,11-13H2,1H3,(H,21,25). The molecule has 2 rings (SSSR count). The lowest BCUT2D eigenvalue weighted by Gasteiger charge is -2.25. The Labute approximate surface area is 146 Å². The number of aromatic hydroxyl groups is 1. The highest BCUT2D eigenvalue weighted by Crippen LogP contribution is 2.16. The van der Waals surface area contributed by atoms with Crippen molar-refractivity contribution in [3.8, 4) is 5.75 Å². The van der Waals surface area contributed by atoms with E-state index in [1.54, 1.807) is 6.07 Å². The molecule has 5 nitrogen and oxygen atoms in total. The zero-order valence-electron chi connectivity index (χ0n) is 14.2. The first-order valence-corrected chi connectivity index (χ1v) is 8.21. The molecule has 0 heterocycles. The first-order chi connectivity index (χ1) is 12.0. The van der Waals surface area contributed by atoms with Crippen molar-refractivity contribution in [3.63, 3.8) is 0 Å². The van der Waals surface area contributed by atoms with Gasteiger partial charge in [0.25, 0.3) is 0 Å². The molecule has 25 heavy (non-hydrogen) atoms. The number of aliphatic hydroxyl groups is 1. The molecule has 1 unspecified atom stereocenters. The number of phenols is 1. The van der Waals surface area contributed by atoms with E-state index >= 15 is 0 Å². The van der Waals surface area contributed by atoms with Crippen LogP contribution in [-0.2, 0) is 13.1 Å². The first kappa shape index (κ1) is 18.7. The Morgan fingerprint density at radius 2 is 1.92 bits per heavy atom. The van der Waals surface area contributed by atoms with Crippen LogP contribution < -0.4 is 5.32 Å². The van der Waals surface area contributed by atoms with Gasteiger partial charge in [0.05, 0.1) is 6.10 Å². The molecule has 0 radical (unpaired) electrons. The summed E-state index contributed by atoms with van der Waals surface area (Å²) in [6, 6.07) is 13.1. The fourth-order valence-electron chi connectivity index (χ4n) is 2.36. The van der Waals surface area contributed by atoms with Crippen molar-refractivity contribution in [3.05, 3.63) is 65.5 Å². The van der Waals surface area contributed by atoms with Gasteiger partial charge in [-0.15, -0.1) is 0 Å². The number of benzene rings is 2. The van der Waals surface area contributed by atoms with E-state index in [-0.39, 0.29) is 19.1 Å². The van der Waals surface area contributed by atoms with Crippen molar-refractivity contribution in [1.29, 1.82) is 0 Å². The highest BCUT2D eigenvalue weighted by molar-refractivity contribution is 5.74. The number of halogens is 1. The van der Waals surface area contributed by atoms with E-state index in [0.717, 1.165) is 5.56 Å². The Kier molecular flexibility index (Phi) is 6.77. The van der Waals surface area contributed by atoms with Crippen LogP contribution in [-0.4, -0.2) is 33.8 Å². The van der Waals surface area contributed by atoms with Gasteiger partial charge in [0, 0.05) is 19.6 Å². The SMILES string of the molecule is CCC(O)CN(Cc1ccccc1)C(=O)NCc1ccc(O)c(F)c1. The summed E-state index contributed by atoms with van der Waals surface area (Å²) in [5.41, 5.74) is 1.50. The molecule has 3 N–H and O–H groups in total. The molecule has 2 aromatic rings. The maximum absolute atomic E-state index is 13.4. The van der Waals surface area contributed by atoms with Crippen LogP contribution in [0.4, 0.5) is 9.18 Å². The molecule has 6 heteroatoms. The predicted octanol–water partition coefficient (Wildman–Crippen LogP) is 3.01. The lowest BCUT2D eigenvalue weighted by atomic mass is 10.2. The van der Waals surface area contributed by atoms with E-state index in [1.807, 2.05) is 37.3 Å². The van der Waals surface area contributed by atoms with Crippen LogP contribution in [0, 0.1) is 5.82 Å². The largest absolute Gasteiger partial charge is 0.505 e. The van der Waals surface area contributed by atoms with Crippen LogP contribution in [0.15, 0.2) is 48.5 Å². The minimum absolute atomic E-state index is 0.129. The molecule has 0 spiro atoms. The quantitative estimate of drug-likeness (QED) is 0.722. The Morgan fingerprint density at radius 1 is 1.20 bits per heavy atom. The second kappa shape index (κ2) is 9.03. The molecule has 2 amide bonds. The third kappa shape index (κ3) is 5.76. The van der Waals surface area contributed by atoms with Gasteiger partial charge in [0.2, 0.25) is 0 Å². The topological polar surface area (TPSA) is 72.8 Å². The minimum atomic E-state index is -0.728. The highest BCUT2D eigenvalue weighted by Gasteiger charge is 2.17. The lowest BCUT2D eigenvalue weighted by molar-refractivity contribution is 0.114. The van der Waals surface area contributed by atoms with Gasteiger partial charge in [-0.05, 0) is 29.7 Å². The average Bonchev–Trinajstić information content (AvgIpc) is 2.62. The zero-order chi connectivity index (χ0) is 18.2. The number of amides is 2. The van der Waals surface area contributed by atoms with Gasteiger partial charge in [-0.2, -0.15) is 0 Å². The van der Waals surface area contributed by atoms with Crippen LogP contribution in [0.1, 0.15) is 24.5 Å². The summed E-state index contributed by atoms with van der Waals surface area (Å²) in [6.45, 7) is 2.56. The van der Waals surface area contributed by atoms with Crippen LogP contribution >= 0.6 is 0 Å². The number of urea groups is 1. The van der Waals surface area contributed by atoms with E-state index in [0.29, 0.717) is 18.5 Å².